The Morgan fingerprint density at radius 2 is 1.75 bits per heavy atom. The molecule has 1 aromatic carbocycles. The lowest BCUT2D eigenvalue weighted by Crippen LogP contribution is -1.96. The van der Waals surface area contributed by atoms with Crippen molar-refractivity contribution in [2.75, 3.05) is 0 Å². The van der Waals surface area contributed by atoms with E-state index in [0.29, 0.717) is 5.56 Å². The number of aromatic nitrogens is 1. The number of hydrogen-bond donors (Lipinski definition) is 0. The van der Waals surface area contributed by atoms with E-state index >= 15 is 0 Å². The van der Waals surface area contributed by atoms with Crippen molar-refractivity contribution in [3.8, 4) is 11.3 Å². The van der Waals surface area contributed by atoms with Gasteiger partial charge in [-0.05, 0) is 30.7 Å². The molecular formula is C12H8F3N. The summed E-state index contributed by atoms with van der Waals surface area (Å²) in [6.45, 7) is 1.54. The monoisotopic (exact) mass is 223 g/mol. The Labute approximate surface area is 90.6 Å². The molecule has 0 saturated carbocycles. The van der Waals surface area contributed by atoms with Crippen LogP contribution in [0, 0.1) is 24.4 Å². The van der Waals surface area contributed by atoms with E-state index in [2.05, 4.69) is 4.98 Å². The molecular weight excluding hydrogens is 215 g/mol. The molecule has 4 heteroatoms. The average Bonchev–Trinajstić information content (AvgIpc) is 2.27. The first-order chi connectivity index (χ1) is 7.61. The largest absolute Gasteiger partial charge is 0.253 e. The molecule has 0 amide bonds. The summed E-state index contributed by atoms with van der Waals surface area (Å²) in [6, 6.07) is 5.06. The molecule has 0 unspecified atom stereocenters. The van der Waals surface area contributed by atoms with Crippen LogP contribution >= 0.6 is 0 Å². The molecule has 0 aliphatic rings. The molecule has 0 N–H and O–H groups in total. The molecule has 0 aliphatic carbocycles. The summed E-state index contributed by atoms with van der Waals surface area (Å²) in [6.07, 6.45) is 1.36. The highest BCUT2D eigenvalue weighted by atomic mass is 19.2. The number of aryl methyl sites for hydroxylation is 1. The van der Waals surface area contributed by atoms with E-state index in [1.165, 1.54) is 31.3 Å². The minimum atomic E-state index is -1.08. The summed E-state index contributed by atoms with van der Waals surface area (Å²) in [5, 5.41) is 0. The fourth-order valence-corrected chi connectivity index (χ4v) is 1.41. The maximum atomic E-state index is 13.6. The highest BCUT2D eigenvalue weighted by molar-refractivity contribution is 5.61. The third-order valence-electron chi connectivity index (χ3n) is 2.29. The van der Waals surface area contributed by atoms with Crippen LogP contribution in [-0.4, -0.2) is 4.98 Å². The minimum absolute atomic E-state index is 0.166. The van der Waals surface area contributed by atoms with Gasteiger partial charge in [-0.1, -0.05) is 6.07 Å². The molecule has 0 bridgehead atoms. The molecule has 0 saturated heterocycles. The second-order valence-corrected chi connectivity index (χ2v) is 3.39. The van der Waals surface area contributed by atoms with Gasteiger partial charge in [0.1, 0.15) is 5.69 Å². The van der Waals surface area contributed by atoms with Crippen molar-refractivity contribution in [2.45, 2.75) is 6.92 Å². The SMILES string of the molecule is Cc1ccnc(-c2cccc(F)c2F)c1F. The highest BCUT2D eigenvalue weighted by Gasteiger charge is 2.15. The zero-order valence-electron chi connectivity index (χ0n) is 8.47. The van der Waals surface area contributed by atoms with Crippen LogP contribution in [0.25, 0.3) is 11.3 Å². The number of halogens is 3. The number of nitrogens with zero attached hydrogens (tertiary/aromatic N) is 1. The lowest BCUT2D eigenvalue weighted by molar-refractivity contribution is 0.509. The molecule has 0 spiro atoms. The summed E-state index contributed by atoms with van der Waals surface area (Å²) in [7, 11) is 0. The van der Waals surface area contributed by atoms with Gasteiger partial charge in [0, 0.05) is 11.8 Å². The summed E-state index contributed by atoms with van der Waals surface area (Å²) < 4.78 is 40.0. The fraction of sp³-hybridized carbons (Fsp3) is 0.0833. The Kier molecular flexibility index (Phi) is 2.64. The Bertz CT molecular complexity index is 488. The van der Waals surface area contributed by atoms with Crippen LogP contribution in [-0.2, 0) is 0 Å². The highest BCUT2D eigenvalue weighted by Crippen LogP contribution is 2.25. The predicted molar refractivity (Wildman–Crippen MR) is 54.3 cm³/mol. The van der Waals surface area contributed by atoms with Gasteiger partial charge >= 0.3 is 0 Å². The van der Waals surface area contributed by atoms with E-state index in [-0.39, 0.29) is 11.3 Å². The zero-order chi connectivity index (χ0) is 11.7. The van der Waals surface area contributed by atoms with Gasteiger partial charge in [-0.3, -0.25) is 4.98 Å². The van der Waals surface area contributed by atoms with Gasteiger partial charge in [0.2, 0.25) is 0 Å². The molecule has 0 radical (unpaired) electrons. The van der Waals surface area contributed by atoms with E-state index < -0.39 is 17.5 Å². The van der Waals surface area contributed by atoms with E-state index in [4.69, 9.17) is 0 Å². The Morgan fingerprint density at radius 1 is 1.00 bits per heavy atom. The number of hydrogen-bond acceptors (Lipinski definition) is 1. The van der Waals surface area contributed by atoms with E-state index in [9.17, 15) is 13.2 Å². The van der Waals surface area contributed by atoms with Gasteiger partial charge in [-0.25, -0.2) is 13.2 Å². The number of pyridine rings is 1. The van der Waals surface area contributed by atoms with Crippen molar-refractivity contribution >= 4 is 0 Å². The molecule has 1 heterocycles. The van der Waals surface area contributed by atoms with Gasteiger partial charge in [0.25, 0.3) is 0 Å². The summed E-state index contributed by atoms with van der Waals surface area (Å²) >= 11 is 0. The van der Waals surface area contributed by atoms with Crippen LogP contribution in [0.4, 0.5) is 13.2 Å². The maximum Gasteiger partial charge on any atom is 0.168 e. The lowest BCUT2D eigenvalue weighted by Gasteiger charge is -2.05. The fourth-order valence-electron chi connectivity index (χ4n) is 1.41. The first-order valence-corrected chi connectivity index (χ1v) is 4.66. The Morgan fingerprint density at radius 3 is 2.50 bits per heavy atom. The molecule has 1 aromatic heterocycles. The van der Waals surface area contributed by atoms with Gasteiger partial charge < -0.3 is 0 Å². The molecule has 2 rings (SSSR count). The predicted octanol–water partition coefficient (Wildman–Crippen LogP) is 3.47. The van der Waals surface area contributed by atoms with Gasteiger partial charge in [-0.15, -0.1) is 0 Å². The molecule has 0 fully saturated rings. The van der Waals surface area contributed by atoms with Crippen molar-refractivity contribution < 1.29 is 13.2 Å². The number of benzene rings is 1. The Balaban J connectivity index is 2.68. The van der Waals surface area contributed by atoms with Gasteiger partial charge in [0.15, 0.2) is 17.5 Å². The molecule has 82 valence electrons. The van der Waals surface area contributed by atoms with Crippen molar-refractivity contribution in [3.63, 3.8) is 0 Å². The van der Waals surface area contributed by atoms with Gasteiger partial charge in [-0.2, -0.15) is 0 Å². The maximum absolute atomic E-state index is 13.6. The average molecular weight is 223 g/mol. The summed E-state index contributed by atoms with van der Waals surface area (Å²) in [5.41, 5.74) is 0.00635. The van der Waals surface area contributed by atoms with Crippen molar-refractivity contribution in [3.05, 3.63) is 53.5 Å². The van der Waals surface area contributed by atoms with Crippen LogP contribution in [0.1, 0.15) is 5.56 Å². The third kappa shape index (κ3) is 1.66. The second-order valence-electron chi connectivity index (χ2n) is 3.39. The van der Waals surface area contributed by atoms with Crippen LogP contribution in [0.5, 0.6) is 0 Å². The van der Waals surface area contributed by atoms with E-state index in [0.717, 1.165) is 6.07 Å². The minimum Gasteiger partial charge on any atom is -0.253 e. The van der Waals surface area contributed by atoms with Crippen molar-refractivity contribution in [1.29, 1.82) is 0 Å². The smallest absolute Gasteiger partial charge is 0.168 e. The zero-order valence-corrected chi connectivity index (χ0v) is 8.47. The van der Waals surface area contributed by atoms with Crippen LogP contribution in [0.15, 0.2) is 30.5 Å². The second kappa shape index (κ2) is 3.96. The van der Waals surface area contributed by atoms with Crippen LogP contribution in [0.3, 0.4) is 0 Å². The van der Waals surface area contributed by atoms with E-state index in [1.54, 1.807) is 0 Å². The normalized spacial score (nSPS) is 10.5. The van der Waals surface area contributed by atoms with Crippen molar-refractivity contribution in [1.82, 2.24) is 4.98 Å². The Hall–Kier alpha value is -1.84. The van der Waals surface area contributed by atoms with Gasteiger partial charge in [0.05, 0.1) is 0 Å². The standard InChI is InChI=1S/C12H8F3N/c1-7-5-6-16-12(10(7)14)8-3-2-4-9(13)11(8)15/h2-6H,1H3. The van der Waals surface area contributed by atoms with E-state index in [1.807, 2.05) is 0 Å². The molecule has 16 heavy (non-hydrogen) atoms. The van der Waals surface area contributed by atoms with Crippen molar-refractivity contribution in [2.24, 2.45) is 0 Å². The molecule has 0 aliphatic heterocycles. The van der Waals surface area contributed by atoms with Crippen LogP contribution in [0.2, 0.25) is 0 Å². The van der Waals surface area contributed by atoms with Crippen LogP contribution < -0.4 is 0 Å². The third-order valence-corrected chi connectivity index (χ3v) is 2.29. The molecule has 0 atom stereocenters. The first kappa shape index (κ1) is 10.7. The summed E-state index contributed by atoms with van der Waals surface area (Å²) in [5.74, 6) is -2.73. The number of rotatable bonds is 1. The quantitative estimate of drug-likeness (QED) is 0.721. The summed E-state index contributed by atoms with van der Waals surface area (Å²) in [4.78, 5) is 3.73. The topological polar surface area (TPSA) is 12.9 Å². The molecule has 1 nitrogen and oxygen atoms in total. The molecule has 2 aromatic rings. The first-order valence-electron chi connectivity index (χ1n) is 4.66. The lowest BCUT2D eigenvalue weighted by atomic mass is 10.1.